The molecule has 1 N–H and O–H groups in total. The van der Waals surface area contributed by atoms with Crippen LogP contribution in [0.1, 0.15) is 0 Å². The van der Waals surface area contributed by atoms with Crippen LogP contribution in [-0.2, 0) is 54.0 Å². The Morgan fingerprint density at radius 2 is 1.05 bits per heavy atom. The van der Waals surface area contributed by atoms with Crippen LogP contribution < -0.4 is 0 Å². The molecule has 0 saturated heterocycles. The molecule has 0 amide bonds. The number of aromatic nitrogens is 5. The monoisotopic (exact) mass is 647 g/mol. The van der Waals surface area contributed by atoms with Crippen molar-refractivity contribution < 1.29 is 52.5 Å². The Hall–Kier alpha value is -2.32. The summed E-state index contributed by atoms with van der Waals surface area (Å²) in [6.45, 7) is 7.94. The summed E-state index contributed by atoms with van der Waals surface area (Å²) in [6.07, 6.45) is 7.26. The van der Waals surface area contributed by atoms with Crippen LogP contribution in [0.15, 0.2) is 23.7 Å². The molecule has 44 heavy (non-hydrogen) atoms. The largest absolute Gasteiger partial charge is 0.480 e. The van der Waals surface area contributed by atoms with Crippen LogP contribution in [0, 0.1) is 0 Å². The lowest BCUT2D eigenvalue weighted by Gasteiger charge is -2.08. The highest BCUT2D eigenvalue weighted by Gasteiger charge is 2.06. The Bertz CT molecular complexity index is 959. The predicted molar refractivity (Wildman–Crippen MR) is 158 cm³/mol. The zero-order chi connectivity index (χ0) is 31.3. The van der Waals surface area contributed by atoms with Gasteiger partial charge < -0.3 is 47.7 Å². The molecule has 0 aliphatic carbocycles. The lowest BCUT2D eigenvalue weighted by molar-refractivity contribution is -0.142. The molecular formula is C27H45N5O11S. The van der Waals surface area contributed by atoms with E-state index in [-0.39, 0.29) is 13.2 Å². The second kappa shape index (κ2) is 27.0. The van der Waals surface area contributed by atoms with Crippen molar-refractivity contribution in [3.8, 4) is 11.3 Å². The molecule has 0 aromatic carbocycles. The van der Waals surface area contributed by atoms with E-state index in [0.717, 1.165) is 16.4 Å². The summed E-state index contributed by atoms with van der Waals surface area (Å²) in [6, 6.07) is 0. The Labute approximate surface area is 261 Å². The molecule has 0 spiro atoms. The van der Waals surface area contributed by atoms with Crippen molar-refractivity contribution in [2.75, 3.05) is 125 Å². The second-order valence-corrected chi connectivity index (χ2v) is 9.44. The van der Waals surface area contributed by atoms with Gasteiger partial charge in [-0.1, -0.05) is 17.0 Å². The van der Waals surface area contributed by atoms with E-state index in [4.69, 9.17) is 47.7 Å². The van der Waals surface area contributed by atoms with E-state index in [1.807, 2.05) is 12.5 Å². The summed E-state index contributed by atoms with van der Waals surface area (Å²) in [4.78, 5) is 18.8. The van der Waals surface area contributed by atoms with Crippen LogP contribution in [0.3, 0.4) is 0 Å². The second-order valence-electron chi connectivity index (χ2n) is 8.67. The first kappa shape index (κ1) is 37.9. The number of ether oxygens (including phenoxy) is 9. The van der Waals surface area contributed by atoms with Crippen molar-refractivity contribution in [1.82, 2.24) is 25.0 Å². The molecule has 2 aromatic heterocycles. The maximum atomic E-state index is 10.3. The number of hydrogen-bond donors (Lipinski definition) is 1. The number of carbonyl (C=O) groups is 1. The summed E-state index contributed by atoms with van der Waals surface area (Å²) in [5.74, 6) is -0.997. The number of carboxylic acids is 1. The van der Waals surface area contributed by atoms with Crippen molar-refractivity contribution in [3.63, 3.8) is 0 Å². The predicted octanol–water partition coefficient (Wildman–Crippen LogP) is 0.691. The van der Waals surface area contributed by atoms with Gasteiger partial charge in [0.25, 0.3) is 0 Å². The zero-order valence-corrected chi connectivity index (χ0v) is 26.2. The van der Waals surface area contributed by atoms with Gasteiger partial charge in [-0.2, -0.15) is 0 Å². The first-order valence-electron chi connectivity index (χ1n) is 14.4. The molecular weight excluding hydrogens is 602 g/mol. The van der Waals surface area contributed by atoms with Crippen molar-refractivity contribution >= 4 is 17.7 Å². The zero-order valence-electron chi connectivity index (χ0n) is 25.3. The molecule has 0 unspecified atom stereocenters. The highest BCUT2D eigenvalue weighted by molar-refractivity contribution is 7.98. The molecule has 2 rings (SSSR count). The molecule has 0 atom stereocenters. The Kier molecular flexibility index (Phi) is 23.3. The van der Waals surface area contributed by atoms with Crippen molar-refractivity contribution in [2.45, 2.75) is 11.7 Å². The van der Waals surface area contributed by atoms with E-state index >= 15 is 0 Å². The maximum absolute atomic E-state index is 10.3. The van der Waals surface area contributed by atoms with Crippen LogP contribution in [0.5, 0.6) is 0 Å². The van der Waals surface area contributed by atoms with Gasteiger partial charge in [-0.15, -0.1) is 5.10 Å². The van der Waals surface area contributed by atoms with Gasteiger partial charge in [0.2, 0.25) is 0 Å². The lowest BCUT2D eigenvalue weighted by Crippen LogP contribution is -2.15. The number of aliphatic carboxylic acids is 1. The third kappa shape index (κ3) is 20.6. The molecule has 250 valence electrons. The fourth-order valence-corrected chi connectivity index (χ4v) is 3.49. The van der Waals surface area contributed by atoms with E-state index in [9.17, 15) is 4.79 Å². The van der Waals surface area contributed by atoms with Crippen molar-refractivity contribution in [1.29, 1.82) is 0 Å². The minimum absolute atomic E-state index is 0.240. The van der Waals surface area contributed by atoms with Gasteiger partial charge >= 0.3 is 5.97 Å². The van der Waals surface area contributed by atoms with Gasteiger partial charge in [0.05, 0.1) is 125 Å². The molecule has 17 heteroatoms. The molecule has 0 radical (unpaired) electrons. The van der Waals surface area contributed by atoms with Crippen LogP contribution in [0.4, 0.5) is 0 Å². The van der Waals surface area contributed by atoms with E-state index < -0.39 is 5.97 Å². The number of thioether (sulfide) groups is 1. The number of hydrogen-bond acceptors (Lipinski definition) is 15. The minimum atomic E-state index is -0.997. The minimum Gasteiger partial charge on any atom is -0.480 e. The lowest BCUT2D eigenvalue weighted by atomic mass is 10.3. The Balaban J connectivity index is 1.23. The fourth-order valence-electron chi connectivity index (χ4n) is 3.17. The van der Waals surface area contributed by atoms with Gasteiger partial charge in [-0.25, -0.2) is 19.4 Å². The fraction of sp³-hybridized carbons (Fsp3) is 0.741. The Morgan fingerprint density at radius 3 is 1.43 bits per heavy atom. The molecule has 2 aromatic rings. The van der Waals surface area contributed by atoms with Gasteiger partial charge in [-0.05, 0) is 6.26 Å². The van der Waals surface area contributed by atoms with E-state index in [2.05, 4.69) is 20.3 Å². The summed E-state index contributed by atoms with van der Waals surface area (Å²) < 4.78 is 50.1. The van der Waals surface area contributed by atoms with Crippen molar-refractivity contribution in [2.24, 2.45) is 0 Å². The number of carboxylic acid groups (broad SMARTS) is 1. The highest BCUT2D eigenvalue weighted by Crippen LogP contribution is 2.15. The topological polar surface area (TPSA) is 177 Å². The first-order chi connectivity index (χ1) is 21.7. The molecule has 16 nitrogen and oxygen atoms in total. The quantitative estimate of drug-likeness (QED) is 0.0686. The van der Waals surface area contributed by atoms with E-state index in [1.54, 1.807) is 17.1 Å². The van der Waals surface area contributed by atoms with Gasteiger partial charge in [0, 0.05) is 18.0 Å². The number of nitrogens with zero attached hydrogens (tertiary/aromatic N) is 5. The summed E-state index contributed by atoms with van der Waals surface area (Å²) in [7, 11) is 0. The first-order valence-corrected chi connectivity index (χ1v) is 15.6. The van der Waals surface area contributed by atoms with E-state index in [0.29, 0.717) is 112 Å². The van der Waals surface area contributed by atoms with Crippen LogP contribution >= 0.6 is 11.8 Å². The van der Waals surface area contributed by atoms with Crippen LogP contribution in [0.2, 0.25) is 0 Å². The normalized spacial score (nSPS) is 11.4. The Morgan fingerprint density at radius 1 is 0.659 bits per heavy atom. The van der Waals surface area contributed by atoms with Gasteiger partial charge in [0.15, 0.2) is 5.16 Å². The third-order valence-electron chi connectivity index (χ3n) is 5.31. The molecule has 0 bridgehead atoms. The average molecular weight is 648 g/mol. The average Bonchev–Trinajstić information content (AvgIpc) is 3.51. The van der Waals surface area contributed by atoms with Crippen LogP contribution in [-0.4, -0.2) is 161 Å². The maximum Gasteiger partial charge on any atom is 0.329 e. The van der Waals surface area contributed by atoms with E-state index in [1.165, 1.54) is 11.8 Å². The highest BCUT2D eigenvalue weighted by atomic mass is 32.2. The smallest absolute Gasteiger partial charge is 0.329 e. The van der Waals surface area contributed by atoms with Crippen molar-refractivity contribution in [3.05, 3.63) is 18.6 Å². The van der Waals surface area contributed by atoms with Crippen LogP contribution in [0.25, 0.3) is 11.3 Å². The molecule has 0 fully saturated rings. The molecule has 2 heterocycles. The van der Waals surface area contributed by atoms with Gasteiger partial charge in [0.1, 0.15) is 12.3 Å². The standard InChI is InChI=1S/C27H45N5O11S/c1-44-27-28-20-24(21-29-27)25-22-32(31-30-25)2-3-35-4-5-36-6-7-37-8-9-38-10-11-39-12-13-40-14-15-41-16-17-42-18-19-43-23-26(33)34/h20-22H,2-19,23H2,1H3,(H,33,34). The molecule has 0 aliphatic rings. The number of rotatable bonds is 31. The summed E-state index contributed by atoms with van der Waals surface area (Å²) in [5, 5.41) is 17.4. The SMILES string of the molecule is CSc1ncc(-c2cn(CCOCCOCCOCCOCCOCCOCCOCCOCCOCC(=O)O)nn2)cn1. The summed E-state index contributed by atoms with van der Waals surface area (Å²) in [5.41, 5.74) is 1.55. The third-order valence-corrected chi connectivity index (χ3v) is 5.89. The van der Waals surface area contributed by atoms with Gasteiger partial charge in [-0.3, -0.25) is 0 Å². The molecule has 0 aliphatic heterocycles. The molecule has 0 saturated carbocycles. The summed E-state index contributed by atoms with van der Waals surface area (Å²) >= 11 is 1.49.